The number of hydrogen-bond donors (Lipinski definition) is 2. The summed E-state index contributed by atoms with van der Waals surface area (Å²) in [6.45, 7) is 3.67. The first-order chi connectivity index (χ1) is 13.0. The lowest BCUT2D eigenvalue weighted by Crippen LogP contribution is -2.25. The fourth-order valence-corrected chi connectivity index (χ4v) is 3.15. The van der Waals surface area contributed by atoms with Gasteiger partial charge in [0.25, 0.3) is 11.8 Å². The first-order valence-corrected chi connectivity index (χ1v) is 8.52. The van der Waals surface area contributed by atoms with E-state index in [0.29, 0.717) is 28.4 Å². The Bertz CT molecular complexity index is 1040. The Morgan fingerprint density at radius 1 is 1.19 bits per heavy atom. The zero-order valence-electron chi connectivity index (χ0n) is 14.9. The van der Waals surface area contributed by atoms with Crippen molar-refractivity contribution in [3.63, 3.8) is 0 Å². The van der Waals surface area contributed by atoms with Gasteiger partial charge in [-0.2, -0.15) is 5.10 Å². The second-order valence-corrected chi connectivity index (χ2v) is 6.30. The lowest BCUT2D eigenvalue weighted by atomic mass is 10.1. The average Bonchev–Trinajstić information content (AvgIpc) is 2.96. The Kier molecular flexibility index (Phi) is 4.12. The molecular formula is C20H18N4O3. The summed E-state index contributed by atoms with van der Waals surface area (Å²) in [7, 11) is 0. The highest BCUT2D eigenvalue weighted by atomic mass is 16.5. The van der Waals surface area contributed by atoms with Gasteiger partial charge in [0.05, 0.1) is 28.3 Å². The number of nitrogens with zero attached hydrogens (tertiary/aromatic N) is 2. The fraction of sp³-hybridized carbons (Fsp3) is 0.150. The third-order valence-corrected chi connectivity index (χ3v) is 4.39. The normalized spacial score (nSPS) is 12.7. The predicted octanol–water partition coefficient (Wildman–Crippen LogP) is 3.07. The molecule has 1 aromatic heterocycles. The maximum absolute atomic E-state index is 12.8. The molecule has 7 heteroatoms. The van der Waals surface area contributed by atoms with Gasteiger partial charge < -0.3 is 15.4 Å². The Labute approximate surface area is 156 Å². The number of carbonyl (C=O) groups is 2. The highest BCUT2D eigenvalue weighted by Gasteiger charge is 2.21. The number of benzene rings is 2. The number of aryl methyl sites for hydroxylation is 1. The minimum absolute atomic E-state index is 0.00420. The second kappa shape index (κ2) is 6.60. The van der Waals surface area contributed by atoms with Crippen molar-refractivity contribution in [2.75, 3.05) is 17.2 Å². The van der Waals surface area contributed by atoms with Crippen molar-refractivity contribution in [3.8, 4) is 11.4 Å². The van der Waals surface area contributed by atoms with Gasteiger partial charge in [-0.05, 0) is 44.2 Å². The van der Waals surface area contributed by atoms with E-state index in [-0.39, 0.29) is 18.4 Å². The lowest BCUT2D eigenvalue weighted by molar-refractivity contribution is -0.118. The minimum Gasteiger partial charge on any atom is -0.482 e. The van der Waals surface area contributed by atoms with Crippen molar-refractivity contribution in [2.45, 2.75) is 13.8 Å². The van der Waals surface area contributed by atoms with Crippen LogP contribution in [0.1, 0.15) is 21.7 Å². The van der Waals surface area contributed by atoms with Crippen molar-refractivity contribution in [3.05, 3.63) is 65.5 Å². The van der Waals surface area contributed by atoms with Crippen LogP contribution in [0.4, 0.5) is 11.4 Å². The van der Waals surface area contributed by atoms with Gasteiger partial charge in [0, 0.05) is 5.69 Å². The minimum atomic E-state index is -0.254. The van der Waals surface area contributed by atoms with Crippen molar-refractivity contribution in [1.82, 2.24) is 9.78 Å². The van der Waals surface area contributed by atoms with E-state index < -0.39 is 0 Å². The molecule has 0 radical (unpaired) electrons. The molecule has 7 nitrogen and oxygen atoms in total. The van der Waals surface area contributed by atoms with E-state index >= 15 is 0 Å². The molecule has 2 heterocycles. The summed E-state index contributed by atoms with van der Waals surface area (Å²) < 4.78 is 7.09. The zero-order valence-corrected chi connectivity index (χ0v) is 14.9. The topological polar surface area (TPSA) is 85.3 Å². The van der Waals surface area contributed by atoms with Gasteiger partial charge in [-0.1, -0.05) is 18.2 Å². The summed E-state index contributed by atoms with van der Waals surface area (Å²) >= 11 is 0. The van der Waals surface area contributed by atoms with E-state index in [2.05, 4.69) is 15.7 Å². The highest BCUT2D eigenvalue weighted by molar-refractivity contribution is 6.06. The molecule has 1 aliphatic rings. The molecule has 0 saturated heterocycles. The number of nitrogens with one attached hydrogen (secondary N) is 2. The van der Waals surface area contributed by atoms with E-state index in [0.717, 1.165) is 11.4 Å². The second-order valence-electron chi connectivity index (χ2n) is 6.30. The average molecular weight is 362 g/mol. The summed E-state index contributed by atoms with van der Waals surface area (Å²) in [6, 6.07) is 14.8. The van der Waals surface area contributed by atoms with Gasteiger partial charge >= 0.3 is 0 Å². The number of ether oxygens (including phenoxy) is 1. The van der Waals surface area contributed by atoms with Crippen LogP contribution in [0.5, 0.6) is 5.75 Å². The molecule has 0 spiro atoms. The van der Waals surface area contributed by atoms with Crippen LogP contribution in [0.25, 0.3) is 5.69 Å². The van der Waals surface area contributed by atoms with Crippen LogP contribution in [-0.2, 0) is 4.79 Å². The molecule has 3 aromatic rings. The standard InChI is InChI=1S/C20H18N4O3/c1-12-19(13(2)24(23-12)15-6-4-3-5-7-15)20(26)21-14-8-9-17-16(10-14)22-18(25)11-27-17/h3-10H,11H2,1-2H3,(H,21,26)(H,22,25). The molecule has 2 aromatic carbocycles. The van der Waals surface area contributed by atoms with Crippen LogP contribution in [0, 0.1) is 13.8 Å². The smallest absolute Gasteiger partial charge is 0.262 e. The van der Waals surface area contributed by atoms with Crippen molar-refractivity contribution < 1.29 is 14.3 Å². The predicted molar refractivity (Wildman–Crippen MR) is 102 cm³/mol. The molecular weight excluding hydrogens is 344 g/mol. The summed E-state index contributed by atoms with van der Waals surface area (Å²) in [5, 5.41) is 10.1. The molecule has 0 unspecified atom stereocenters. The van der Waals surface area contributed by atoms with Crippen LogP contribution in [0.15, 0.2) is 48.5 Å². The molecule has 0 saturated carbocycles. The van der Waals surface area contributed by atoms with Crippen LogP contribution >= 0.6 is 0 Å². The van der Waals surface area contributed by atoms with E-state index in [1.165, 1.54) is 0 Å². The first-order valence-electron chi connectivity index (χ1n) is 8.52. The summed E-state index contributed by atoms with van der Waals surface area (Å²) in [6.07, 6.45) is 0. The maximum Gasteiger partial charge on any atom is 0.262 e. The van der Waals surface area contributed by atoms with Crippen LogP contribution < -0.4 is 15.4 Å². The Morgan fingerprint density at radius 2 is 1.96 bits per heavy atom. The SMILES string of the molecule is Cc1nn(-c2ccccc2)c(C)c1C(=O)Nc1ccc2c(c1)NC(=O)CO2. The molecule has 2 N–H and O–H groups in total. The monoisotopic (exact) mass is 362 g/mol. The maximum atomic E-state index is 12.8. The van der Waals surface area contributed by atoms with E-state index in [1.807, 2.05) is 44.2 Å². The Hall–Kier alpha value is -3.61. The molecule has 0 atom stereocenters. The number of anilines is 2. The molecule has 0 fully saturated rings. The molecule has 0 aliphatic carbocycles. The number of carbonyl (C=O) groups excluding carboxylic acids is 2. The van der Waals surface area contributed by atoms with Gasteiger partial charge in [-0.15, -0.1) is 0 Å². The first kappa shape index (κ1) is 16.8. The largest absolute Gasteiger partial charge is 0.482 e. The fourth-order valence-electron chi connectivity index (χ4n) is 3.15. The molecule has 27 heavy (non-hydrogen) atoms. The molecule has 2 amide bonds. The van der Waals surface area contributed by atoms with Crippen molar-refractivity contribution in [1.29, 1.82) is 0 Å². The van der Waals surface area contributed by atoms with Gasteiger partial charge in [-0.25, -0.2) is 4.68 Å². The number of fused-ring (bicyclic) bond motifs is 1. The van der Waals surface area contributed by atoms with Crippen LogP contribution in [0.2, 0.25) is 0 Å². The van der Waals surface area contributed by atoms with Crippen molar-refractivity contribution >= 4 is 23.2 Å². The summed E-state index contributed by atoms with van der Waals surface area (Å²) in [5.41, 5.74) is 3.92. The highest BCUT2D eigenvalue weighted by Crippen LogP contribution is 2.31. The van der Waals surface area contributed by atoms with E-state index in [9.17, 15) is 9.59 Å². The molecule has 136 valence electrons. The Morgan fingerprint density at radius 3 is 2.74 bits per heavy atom. The van der Waals surface area contributed by atoms with Crippen molar-refractivity contribution in [2.24, 2.45) is 0 Å². The molecule has 1 aliphatic heterocycles. The number of para-hydroxylation sites is 1. The third-order valence-electron chi connectivity index (χ3n) is 4.39. The van der Waals surface area contributed by atoms with Gasteiger partial charge in [0.2, 0.25) is 0 Å². The summed E-state index contributed by atoms with van der Waals surface area (Å²) in [5.74, 6) is 0.105. The summed E-state index contributed by atoms with van der Waals surface area (Å²) in [4.78, 5) is 24.3. The number of amides is 2. The van der Waals surface area contributed by atoms with E-state index in [4.69, 9.17) is 4.74 Å². The third kappa shape index (κ3) is 3.15. The van der Waals surface area contributed by atoms with Crippen LogP contribution in [-0.4, -0.2) is 28.2 Å². The number of hydrogen-bond acceptors (Lipinski definition) is 4. The quantitative estimate of drug-likeness (QED) is 0.750. The number of aromatic nitrogens is 2. The molecule has 4 rings (SSSR count). The van der Waals surface area contributed by atoms with Gasteiger partial charge in [0.15, 0.2) is 6.61 Å². The number of rotatable bonds is 3. The van der Waals surface area contributed by atoms with Gasteiger partial charge in [-0.3, -0.25) is 9.59 Å². The zero-order chi connectivity index (χ0) is 19.0. The molecule has 0 bridgehead atoms. The lowest BCUT2D eigenvalue weighted by Gasteiger charge is -2.18. The Balaban J connectivity index is 1.62. The van der Waals surface area contributed by atoms with Crippen LogP contribution in [0.3, 0.4) is 0 Å². The van der Waals surface area contributed by atoms with Gasteiger partial charge in [0.1, 0.15) is 5.75 Å². The van der Waals surface area contributed by atoms with E-state index in [1.54, 1.807) is 22.9 Å².